The minimum Gasteiger partial charge on any atom is -0.303 e. The van der Waals surface area contributed by atoms with Crippen molar-refractivity contribution in [3.05, 3.63) is 72.3 Å². The Balaban J connectivity index is 1.27. The summed E-state index contributed by atoms with van der Waals surface area (Å²) in [6, 6.07) is 19.8. The van der Waals surface area contributed by atoms with Crippen LogP contribution in [0.5, 0.6) is 0 Å². The molecule has 4 rings (SSSR count). The van der Waals surface area contributed by atoms with E-state index >= 15 is 0 Å². The topological polar surface area (TPSA) is 95.6 Å². The van der Waals surface area contributed by atoms with Gasteiger partial charge in [-0.1, -0.05) is 67.3 Å². The van der Waals surface area contributed by atoms with Crippen LogP contribution >= 0.6 is 0 Å². The summed E-state index contributed by atoms with van der Waals surface area (Å²) in [6.07, 6.45) is 7.67. The van der Waals surface area contributed by atoms with Crippen molar-refractivity contribution in [1.29, 1.82) is 0 Å². The minimum absolute atomic E-state index is 0.279. The molecule has 0 bridgehead atoms. The number of rotatable bonds is 14. The minimum atomic E-state index is -3.59. The van der Waals surface area contributed by atoms with Crippen molar-refractivity contribution in [3.8, 4) is 0 Å². The van der Waals surface area contributed by atoms with E-state index in [1.165, 1.54) is 32.1 Å². The van der Waals surface area contributed by atoms with E-state index in [1.807, 2.05) is 37.3 Å². The smallest absolute Gasteiger partial charge is 0.240 e. The van der Waals surface area contributed by atoms with Gasteiger partial charge in [0, 0.05) is 19.6 Å². The molecule has 212 valence electrons. The van der Waals surface area contributed by atoms with Gasteiger partial charge in [-0.3, -0.25) is 0 Å². The highest BCUT2D eigenvalue weighted by molar-refractivity contribution is 7.89. The monoisotopic (exact) mass is 571 g/mol. The average Bonchev–Trinajstić information content (AvgIpc) is 2.93. The first-order chi connectivity index (χ1) is 18.7. The van der Waals surface area contributed by atoms with Gasteiger partial charge >= 0.3 is 0 Å². The molecular weight excluding hydrogens is 530 g/mol. The Morgan fingerprint density at radius 3 is 1.92 bits per heavy atom. The fourth-order valence-corrected chi connectivity index (χ4v) is 7.45. The lowest BCUT2D eigenvalue weighted by molar-refractivity contribution is 0.197. The number of aryl methyl sites for hydroxylation is 1. The van der Waals surface area contributed by atoms with Crippen molar-refractivity contribution >= 4 is 30.8 Å². The van der Waals surface area contributed by atoms with Crippen molar-refractivity contribution in [2.24, 2.45) is 5.92 Å². The van der Waals surface area contributed by atoms with E-state index in [9.17, 15) is 16.8 Å². The molecule has 0 spiro atoms. The molecule has 3 aromatic carbocycles. The van der Waals surface area contributed by atoms with E-state index in [0.29, 0.717) is 31.8 Å². The van der Waals surface area contributed by atoms with Gasteiger partial charge in [-0.25, -0.2) is 26.3 Å². The molecule has 7 nitrogen and oxygen atoms in total. The normalized spacial score (nSPS) is 15.2. The number of fused-ring (bicyclic) bond motifs is 1. The Labute approximate surface area is 234 Å². The molecule has 9 heteroatoms. The summed E-state index contributed by atoms with van der Waals surface area (Å²) < 4.78 is 56.5. The maximum Gasteiger partial charge on any atom is 0.240 e. The summed E-state index contributed by atoms with van der Waals surface area (Å²) >= 11 is 0. The third-order valence-electron chi connectivity index (χ3n) is 7.49. The summed E-state index contributed by atoms with van der Waals surface area (Å²) in [4.78, 5) is 2.94. The van der Waals surface area contributed by atoms with Crippen LogP contribution in [-0.2, 0) is 20.0 Å². The second kappa shape index (κ2) is 13.9. The average molecular weight is 572 g/mol. The zero-order valence-electron chi connectivity index (χ0n) is 22.8. The van der Waals surface area contributed by atoms with Crippen LogP contribution in [0.25, 0.3) is 10.8 Å². The lowest BCUT2D eigenvalue weighted by Gasteiger charge is -2.30. The molecular formula is C30H41N3O4S2. The van der Waals surface area contributed by atoms with Crippen LogP contribution in [-0.4, -0.2) is 54.5 Å². The molecule has 39 heavy (non-hydrogen) atoms. The van der Waals surface area contributed by atoms with Crippen LogP contribution in [0.15, 0.2) is 76.5 Å². The molecule has 0 heterocycles. The van der Waals surface area contributed by atoms with Gasteiger partial charge in [0.1, 0.15) is 0 Å². The van der Waals surface area contributed by atoms with E-state index in [4.69, 9.17) is 0 Å². The summed E-state index contributed by atoms with van der Waals surface area (Å²) in [6.45, 7) is 5.16. The molecule has 0 saturated heterocycles. The van der Waals surface area contributed by atoms with Crippen molar-refractivity contribution in [2.75, 3.05) is 32.7 Å². The van der Waals surface area contributed by atoms with Crippen molar-refractivity contribution in [2.45, 2.75) is 61.7 Å². The lowest BCUT2D eigenvalue weighted by Crippen LogP contribution is -2.36. The van der Waals surface area contributed by atoms with Gasteiger partial charge in [0.05, 0.1) is 9.79 Å². The van der Waals surface area contributed by atoms with E-state index in [0.717, 1.165) is 36.0 Å². The van der Waals surface area contributed by atoms with Crippen molar-refractivity contribution in [1.82, 2.24) is 14.3 Å². The van der Waals surface area contributed by atoms with Gasteiger partial charge in [-0.15, -0.1) is 0 Å². The van der Waals surface area contributed by atoms with E-state index in [2.05, 4.69) is 14.3 Å². The fourth-order valence-electron chi connectivity index (χ4n) is 5.27. The van der Waals surface area contributed by atoms with Crippen LogP contribution in [0.3, 0.4) is 0 Å². The maximum atomic E-state index is 12.9. The number of hydrogen-bond donors (Lipinski definition) is 2. The first kappa shape index (κ1) is 29.7. The van der Waals surface area contributed by atoms with E-state index in [-0.39, 0.29) is 9.79 Å². The van der Waals surface area contributed by atoms with Gasteiger partial charge < -0.3 is 4.90 Å². The molecule has 2 N–H and O–H groups in total. The maximum absolute atomic E-state index is 12.9. The SMILES string of the molecule is Cc1ccc(S(=O)(=O)NCCCN(CCCNS(=O)(=O)c2ccc3ccccc3c2)CC2CCCCC2)cc1. The predicted molar refractivity (Wildman–Crippen MR) is 158 cm³/mol. The Kier molecular flexibility index (Phi) is 10.5. The standard InChI is InChI=1S/C30H41N3O4S2/c1-25-13-16-29(17-14-25)38(34,35)31-19-7-21-33(24-26-9-3-2-4-10-26)22-8-20-32-39(36,37)30-18-15-27-11-5-6-12-28(27)23-30/h5-6,11-18,23,26,31-32H,2-4,7-10,19-22,24H2,1H3. The van der Waals surface area contributed by atoms with Crippen LogP contribution in [0.4, 0.5) is 0 Å². The highest BCUT2D eigenvalue weighted by Gasteiger charge is 2.19. The van der Waals surface area contributed by atoms with Gasteiger partial charge in [-0.05, 0) is 86.7 Å². The van der Waals surface area contributed by atoms with E-state index in [1.54, 1.807) is 36.4 Å². The Morgan fingerprint density at radius 1 is 0.718 bits per heavy atom. The molecule has 0 aliphatic heterocycles. The number of nitrogens with zero attached hydrogens (tertiary/aromatic N) is 1. The summed E-state index contributed by atoms with van der Waals surface area (Å²) in [7, 11) is -7.11. The third kappa shape index (κ3) is 8.85. The molecule has 0 unspecified atom stereocenters. The van der Waals surface area contributed by atoms with Crippen LogP contribution in [0, 0.1) is 12.8 Å². The van der Waals surface area contributed by atoms with Gasteiger partial charge in [0.25, 0.3) is 0 Å². The first-order valence-corrected chi connectivity index (χ1v) is 17.0. The molecule has 1 saturated carbocycles. The largest absolute Gasteiger partial charge is 0.303 e. The van der Waals surface area contributed by atoms with Crippen molar-refractivity contribution in [3.63, 3.8) is 0 Å². The first-order valence-electron chi connectivity index (χ1n) is 14.0. The fraction of sp³-hybridized carbons (Fsp3) is 0.467. The zero-order valence-corrected chi connectivity index (χ0v) is 24.4. The number of benzene rings is 3. The molecule has 1 aliphatic carbocycles. The molecule has 0 aromatic heterocycles. The number of sulfonamides is 2. The zero-order chi connectivity index (χ0) is 27.7. The van der Waals surface area contributed by atoms with Gasteiger partial charge in [0.15, 0.2) is 0 Å². The molecule has 1 aliphatic rings. The Morgan fingerprint density at radius 2 is 1.28 bits per heavy atom. The molecule has 1 fully saturated rings. The van der Waals surface area contributed by atoms with Gasteiger partial charge in [0.2, 0.25) is 20.0 Å². The number of hydrogen-bond acceptors (Lipinski definition) is 5. The van der Waals surface area contributed by atoms with Crippen LogP contribution in [0.2, 0.25) is 0 Å². The lowest BCUT2D eigenvalue weighted by atomic mass is 9.89. The molecule has 0 atom stereocenters. The quantitative estimate of drug-likeness (QED) is 0.264. The van der Waals surface area contributed by atoms with Crippen molar-refractivity contribution < 1.29 is 16.8 Å². The van der Waals surface area contributed by atoms with Crippen LogP contribution < -0.4 is 9.44 Å². The Bertz CT molecular complexity index is 1420. The van der Waals surface area contributed by atoms with Crippen LogP contribution in [0.1, 0.15) is 50.5 Å². The highest BCUT2D eigenvalue weighted by atomic mass is 32.2. The number of nitrogens with one attached hydrogen (secondary N) is 2. The predicted octanol–water partition coefficient (Wildman–Crippen LogP) is 5.07. The molecule has 0 amide bonds. The summed E-state index contributed by atoms with van der Waals surface area (Å²) in [5.74, 6) is 0.650. The second-order valence-electron chi connectivity index (χ2n) is 10.6. The summed E-state index contributed by atoms with van der Waals surface area (Å²) in [5.41, 5.74) is 1.02. The molecule has 3 aromatic rings. The van der Waals surface area contributed by atoms with E-state index < -0.39 is 20.0 Å². The Hall–Kier alpha value is -2.30. The van der Waals surface area contributed by atoms with Gasteiger partial charge in [-0.2, -0.15) is 0 Å². The third-order valence-corrected chi connectivity index (χ3v) is 10.4. The molecule has 0 radical (unpaired) electrons. The summed E-state index contributed by atoms with van der Waals surface area (Å²) in [5, 5.41) is 1.91. The second-order valence-corrected chi connectivity index (χ2v) is 14.2. The highest BCUT2D eigenvalue weighted by Crippen LogP contribution is 2.24.